The molecule has 0 radical (unpaired) electrons. The van der Waals surface area contributed by atoms with Crippen molar-refractivity contribution in [1.82, 2.24) is 9.88 Å². The van der Waals surface area contributed by atoms with Crippen molar-refractivity contribution >= 4 is 40.1 Å². The van der Waals surface area contributed by atoms with E-state index in [0.29, 0.717) is 15.3 Å². The van der Waals surface area contributed by atoms with E-state index in [9.17, 15) is 0 Å². The fraction of sp³-hybridized carbons (Fsp3) is 0.294. The van der Waals surface area contributed by atoms with E-state index in [0.717, 1.165) is 23.0 Å². The van der Waals surface area contributed by atoms with Crippen LogP contribution in [0.3, 0.4) is 0 Å². The van der Waals surface area contributed by atoms with Gasteiger partial charge in [0.15, 0.2) is 5.17 Å². The molecule has 1 aromatic carbocycles. The molecule has 0 bridgehead atoms. The first-order valence-electron chi connectivity index (χ1n) is 7.50. The molecule has 6 heteroatoms. The van der Waals surface area contributed by atoms with Crippen LogP contribution in [0.2, 0.25) is 10.0 Å². The van der Waals surface area contributed by atoms with Gasteiger partial charge in [0.2, 0.25) is 0 Å². The Morgan fingerprint density at radius 2 is 2.04 bits per heavy atom. The summed E-state index contributed by atoms with van der Waals surface area (Å²) in [5, 5.41) is 2.80. The van der Waals surface area contributed by atoms with Crippen LogP contribution in [0.15, 0.2) is 47.6 Å². The second kappa shape index (κ2) is 6.00. The zero-order valence-electron chi connectivity index (χ0n) is 12.5. The van der Waals surface area contributed by atoms with E-state index in [1.54, 1.807) is 0 Å². The minimum Gasteiger partial charge on any atom is -0.341 e. The van der Waals surface area contributed by atoms with E-state index in [4.69, 9.17) is 28.2 Å². The zero-order chi connectivity index (χ0) is 16.0. The lowest BCUT2D eigenvalue weighted by Crippen LogP contribution is -2.28. The predicted molar refractivity (Wildman–Crippen MR) is 97.4 cm³/mol. The lowest BCUT2D eigenvalue weighted by atomic mass is 9.96. The zero-order valence-corrected chi connectivity index (χ0v) is 14.8. The maximum absolute atomic E-state index is 6.25. The van der Waals surface area contributed by atoms with Gasteiger partial charge in [-0.1, -0.05) is 54.0 Å². The van der Waals surface area contributed by atoms with Crippen LogP contribution in [0.5, 0.6) is 0 Å². The van der Waals surface area contributed by atoms with E-state index in [2.05, 4.69) is 16.8 Å². The third-order valence-corrected chi connectivity index (χ3v) is 6.01. The maximum Gasteiger partial charge on any atom is 0.160 e. The number of pyridine rings is 1. The topological polar surface area (TPSA) is 28.5 Å². The van der Waals surface area contributed by atoms with Gasteiger partial charge in [-0.15, -0.1) is 0 Å². The van der Waals surface area contributed by atoms with Crippen LogP contribution in [0.4, 0.5) is 0 Å². The van der Waals surface area contributed by atoms with Gasteiger partial charge in [-0.2, -0.15) is 0 Å². The highest BCUT2D eigenvalue weighted by Crippen LogP contribution is 2.48. The van der Waals surface area contributed by atoms with Crippen molar-refractivity contribution in [1.29, 1.82) is 0 Å². The summed E-state index contributed by atoms with van der Waals surface area (Å²) >= 11 is 14.2. The molecule has 0 aliphatic carbocycles. The Morgan fingerprint density at radius 3 is 2.78 bits per heavy atom. The molecule has 2 aromatic rings. The summed E-state index contributed by atoms with van der Waals surface area (Å²) < 4.78 is 0. The molecule has 1 fully saturated rings. The van der Waals surface area contributed by atoms with Gasteiger partial charge < -0.3 is 4.90 Å². The van der Waals surface area contributed by atoms with E-state index < -0.39 is 0 Å². The Balaban J connectivity index is 1.79. The van der Waals surface area contributed by atoms with Crippen molar-refractivity contribution in [3.05, 3.63) is 63.9 Å². The van der Waals surface area contributed by atoms with E-state index in [1.165, 1.54) is 0 Å². The molecule has 3 atom stereocenters. The molecule has 118 valence electrons. The van der Waals surface area contributed by atoms with Gasteiger partial charge in [0.25, 0.3) is 0 Å². The minimum absolute atomic E-state index is 0.0107. The van der Waals surface area contributed by atoms with Crippen LogP contribution in [0.1, 0.15) is 30.3 Å². The summed E-state index contributed by atoms with van der Waals surface area (Å²) in [4.78, 5) is 11.8. The van der Waals surface area contributed by atoms with Crippen LogP contribution in [0, 0.1) is 0 Å². The van der Waals surface area contributed by atoms with Crippen LogP contribution in [-0.4, -0.2) is 26.8 Å². The lowest BCUT2D eigenvalue weighted by molar-refractivity contribution is 0.321. The number of aliphatic imine (C=N–C) groups is 1. The Morgan fingerprint density at radius 1 is 1.17 bits per heavy atom. The average Bonchev–Trinajstić information content (AvgIpc) is 3.07. The maximum atomic E-state index is 6.25. The molecular formula is C17H15Cl2N3S. The molecule has 0 unspecified atom stereocenters. The number of amidine groups is 1. The van der Waals surface area contributed by atoms with Crippen molar-refractivity contribution in [3.8, 4) is 0 Å². The highest BCUT2D eigenvalue weighted by atomic mass is 35.5. The standard InChI is InChI=1S/C17H15Cl2N3S/c1-10-9-22-16(11-5-6-12(18)13(19)8-11)15(21-17(22)23-10)14-4-2-3-7-20-14/h2-8,10,15-16H,9H2,1H3/t10-,15-,16-/m0/s1. The Hall–Kier alpha value is -1.23. The van der Waals surface area contributed by atoms with Gasteiger partial charge >= 0.3 is 0 Å². The van der Waals surface area contributed by atoms with Crippen LogP contribution in [-0.2, 0) is 0 Å². The van der Waals surface area contributed by atoms with Crippen molar-refractivity contribution in [2.45, 2.75) is 24.3 Å². The molecule has 3 heterocycles. The fourth-order valence-corrected chi connectivity index (χ4v) is 4.57. The molecular weight excluding hydrogens is 349 g/mol. The van der Waals surface area contributed by atoms with Crippen molar-refractivity contribution in [2.24, 2.45) is 4.99 Å². The number of fused-ring (bicyclic) bond motifs is 1. The number of halogens is 2. The number of hydrogen-bond donors (Lipinski definition) is 0. The smallest absolute Gasteiger partial charge is 0.160 e. The molecule has 1 aromatic heterocycles. The first kappa shape index (κ1) is 15.3. The minimum atomic E-state index is -0.0107. The SMILES string of the molecule is C[C@H]1CN2C(=N[C@@H](c3ccccn3)[C@@H]2c2ccc(Cl)c(Cl)c2)S1. The van der Waals surface area contributed by atoms with Gasteiger partial charge in [0.1, 0.15) is 6.04 Å². The number of thioether (sulfide) groups is 1. The molecule has 23 heavy (non-hydrogen) atoms. The van der Waals surface area contributed by atoms with Gasteiger partial charge in [-0.25, -0.2) is 0 Å². The predicted octanol–water partition coefficient (Wildman–Crippen LogP) is 4.98. The third-order valence-electron chi connectivity index (χ3n) is 4.17. The third kappa shape index (κ3) is 2.73. The largest absolute Gasteiger partial charge is 0.341 e. The molecule has 4 rings (SSSR count). The Kier molecular flexibility index (Phi) is 4.00. The summed E-state index contributed by atoms with van der Waals surface area (Å²) in [5.74, 6) is 0. The summed E-state index contributed by atoms with van der Waals surface area (Å²) in [6.45, 7) is 3.21. The van der Waals surface area contributed by atoms with Crippen molar-refractivity contribution < 1.29 is 0 Å². The van der Waals surface area contributed by atoms with Crippen molar-refractivity contribution in [3.63, 3.8) is 0 Å². The average molecular weight is 364 g/mol. The van der Waals surface area contributed by atoms with Gasteiger partial charge in [-0.05, 0) is 29.8 Å². The first-order chi connectivity index (χ1) is 11.1. The van der Waals surface area contributed by atoms with E-state index in [-0.39, 0.29) is 12.1 Å². The number of rotatable bonds is 2. The van der Waals surface area contributed by atoms with Gasteiger partial charge in [0.05, 0.1) is 21.8 Å². The Labute approximate surface area is 149 Å². The Bertz CT molecular complexity index is 766. The number of benzene rings is 1. The van der Waals surface area contributed by atoms with Crippen LogP contribution in [0.25, 0.3) is 0 Å². The normalized spacial score (nSPS) is 26.3. The molecule has 1 saturated heterocycles. The lowest BCUT2D eigenvalue weighted by Gasteiger charge is -2.27. The number of hydrogen-bond acceptors (Lipinski definition) is 4. The summed E-state index contributed by atoms with van der Waals surface area (Å²) in [5.41, 5.74) is 2.11. The highest BCUT2D eigenvalue weighted by molar-refractivity contribution is 8.14. The van der Waals surface area contributed by atoms with Gasteiger partial charge in [0, 0.05) is 18.0 Å². The molecule has 0 saturated carbocycles. The van der Waals surface area contributed by atoms with E-state index in [1.807, 2.05) is 54.4 Å². The first-order valence-corrected chi connectivity index (χ1v) is 9.14. The molecule has 2 aliphatic heterocycles. The molecule has 3 nitrogen and oxygen atoms in total. The van der Waals surface area contributed by atoms with E-state index >= 15 is 0 Å². The highest BCUT2D eigenvalue weighted by Gasteiger charge is 2.43. The quantitative estimate of drug-likeness (QED) is 0.753. The molecule has 0 N–H and O–H groups in total. The molecule has 2 aliphatic rings. The summed E-state index contributed by atoms with van der Waals surface area (Å²) in [7, 11) is 0. The second-order valence-corrected chi connectivity index (χ2v) is 8.03. The number of aromatic nitrogens is 1. The van der Waals surface area contributed by atoms with Crippen LogP contribution < -0.4 is 0 Å². The monoisotopic (exact) mass is 363 g/mol. The van der Waals surface area contributed by atoms with Gasteiger partial charge in [-0.3, -0.25) is 9.98 Å². The molecule has 0 amide bonds. The second-order valence-electron chi connectivity index (χ2n) is 5.81. The fourth-order valence-electron chi connectivity index (χ4n) is 3.17. The van der Waals surface area contributed by atoms with Crippen molar-refractivity contribution in [2.75, 3.05) is 6.54 Å². The number of nitrogens with zero attached hydrogens (tertiary/aromatic N) is 3. The molecule has 0 spiro atoms. The summed E-state index contributed by atoms with van der Waals surface area (Å²) in [6.07, 6.45) is 1.82. The van der Waals surface area contributed by atoms with Crippen LogP contribution >= 0.6 is 35.0 Å². The summed E-state index contributed by atoms with van der Waals surface area (Å²) in [6, 6.07) is 11.9.